The minimum absolute atomic E-state index is 0.922. The van der Waals surface area contributed by atoms with E-state index in [1.165, 1.54) is 51.6 Å². The molecule has 15 heavy (non-hydrogen) atoms. The number of hydrogen-bond donors (Lipinski definition) is 1. The van der Waals surface area contributed by atoms with Crippen LogP contribution in [0.15, 0.2) is 12.2 Å². The van der Waals surface area contributed by atoms with Gasteiger partial charge in [0.2, 0.25) is 0 Å². The lowest BCUT2D eigenvalue weighted by atomic mass is 9.93. The van der Waals surface area contributed by atoms with Gasteiger partial charge in [0, 0.05) is 0 Å². The van der Waals surface area contributed by atoms with Crippen LogP contribution in [0.4, 0.5) is 0 Å². The molecule has 2 saturated carbocycles. The molecule has 1 N–H and O–H groups in total. The van der Waals surface area contributed by atoms with Gasteiger partial charge in [-0.1, -0.05) is 25.0 Å². The van der Waals surface area contributed by atoms with Crippen molar-refractivity contribution in [3.05, 3.63) is 12.2 Å². The highest BCUT2D eigenvalue weighted by Gasteiger charge is 2.34. The van der Waals surface area contributed by atoms with Crippen molar-refractivity contribution in [3.8, 4) is 0 Å². The Morgan fingerprint density at radius 1 is 1.13 bits per heavy atom. The predicted octanol–water partition coefficient (Wildman–Crippen LogP) is 2.98. The summed E-state index contributed by atoms with van der Waals surface area (Å²) in [4.78, 5) is 0. The molecule has 1 heteroatoms. The zero-order chi connectivity index (χ0) is 10.1. The summed E-state index contributed by atoms with van der Waals surface area (Å²) in [6.07, 6.45) is 13.7. The van der Waals surface area contributed by atoms with Crippen LogP contribution in [-0.2, 0) is 0 Å². The summed E-state index contributed by atoms with van der Waals surface area (Å²) in [5.41, 5.74) is 0. The summed E-state index contributed by atoms with van der Waals surface area (Å²) >= 11 is 0. The highest BCUT2D eigenvalue weighted by Crippen LogP contribution is 2.42. The molecule has 0 aromatic carbocycles. The first kappa shape index (κ1) is 9.89. The molecular weight excluding hydrogens is 182 g/mol. The highest BCUT2D eigenvalue weighted by atomic mass is 14.9. The molecule has 0 aliphatic heterocycles. The van der Waals surface area contributed by atoms with Gasteiger partial charge in [-0.3, -0.25) is 0 Å². The zero-order valence-corrected chi connectivity index (χ0v) is 9.62. The van der Waals surface area contributed by atoms with E-state index in [1.807, 2.05) is 0 Å². The molecule has 0 amide bonds. The molecule has 1 nitrogen and oxygen atoms in total. The van der Waals surface area contributed by atoms with Crippen LogP contribution in [0.25, 0.3) is 0 Å². The number of fused-ring (bicyclic) bond motifs is 2. The van der Waals surface area contributed by atoms with Crippen molar-refractivity contribution in [3.63, 3.8) is 0 Å². The van der Waals surface area contributed by atoms with Crippen molar-refractivity contribution >= 4 is 0 Å². The van der Waals surface area contributed by atoms with E-state index in [0.29, 0.717) is 0 Å². The van der Waals surface area contributed by atoms with E-state index in [-0.39, 0.29) is 0 Å². The molecule has 3 aliphatic rings. The van der Waals surface area contributed by atoms with Gasteiger partial charge >= 0.3 is 0 Å². The van der Waals surface area contributed by atoms with Gasteiger partial charge in [0.25, 0.3) is 0 Å². The fourth-order valence-electron chi connectivity index (χ4n) is 3.34. The van der Waals surface area contributed by atoms with Crippen molar-refractivity contribution in [2.75, 3.05) is 13.1 Å². The van der Waals surface area contributed by atoms with Crippen LogP contribution in [0.5, 0.6) is 0 Å². The molecule has 3 rings (SSSR count). The van der Waals surface area contributed by atoms with E-state index in [9.17, 15) is 0 Å². The summed E-state index contributed by atoms with van der Waals surface area (Å²) in [6.45, 7) is 2.53. The van der Waals surface area contributed by atoms with Crippen molar-refractivity contribution in [1.82, 2.24) is 5.32 Å². The quantitative estimate of drug-likeness (QED) is 0.519. The molecule has 0 heterocycles. The van der Waals surface area contributed by atoms with E-state index in [1.54, 1.807) is 0 Å². The van der Waals surface area contributed by atoms with E-state index in [0.717, 1.165) is 23.7 Å². The van der Waals surface area contributed by atoms with Crippen molar-refractivity contribution in [2.45, 2.75) is 38.5 Å². The van der Waals surface area contributed by atoms with Crippen LogP contribution in [-0.4, -0.2) is 13.1 Å². The van der Waals surface area contributed by atoms with Gasteiger partial charge in [-0.05, 0) is 62.4 Å². The first-order valence-corrected chi connectivity index (χ1v) is 6.81. The Labute approximate surface area is 93.3 Å². The lowest BCUT2D eigenvalue weighted by Gasteiger charge is -2.18. The van der Waals surface area contributed by atoms with Gasteiger partial charge in [0.15, 0.2) is 0 Å². The van der Waals surface area contributed by atoms with Crippen LogP contribution >= 0.6 is 0 Å². The summed E-state index contributed by atoms with van der Waals surface area (Å²) in [6, 6.07) is 0. The molecule has 3 unspecified atom stereocenters. The average Bonchev–Trinajstić information content (AvgIpc) is 2.84. The first-order valence-electron chi connectivity index (χ1n) is 6.81. The molecule has 0 spiro atoms. The van der Waals surface area contributed by atoms with E-state index in [2.05, 4.69) is 17.5 Å². The third-order valence-corrected chi connectivity index (χ3v) is 4.49. The lowest BCUT2D eigenvalue weighted by molar-refractivity contribution is 0.411. The van der Waals surface area contributed by atoms with Gasteiger partial charge in [-0.2, -0.15) is 0 Å². The molecule has 2 fully saturated rings. The van der Waals surface area contributed by atoms with Crippen molar-refractivity contribution < 1.29 is 0 Å². The lowest BCUT2D eigenvalue weighted by Crippen LogP contribution is -2.26. The Morgan fingerprint density at radius 2 is 2.07 bits per heavy atom. The molecule has 0 radical (unpaired) electrons. The smallest absolute Gasteiger partial charge is 0.00147 e. The molecule has 84 valence electrons. The molecule has 0 saturated heterocycles. The Balaban J connectivity index is 1.28. The first-order chi connectivity index (χ1) is 7.42. The van der Waals surface area contributed by atoms with E-state index >= 15 is 0 Å². The van der Waals surface area contributed by atoms with Gasteiger partial charge in [0.1, 0.15) is 0 Å². The monoisotopic (exact) mass is 205 g/mol. The van der Waals surface area contributed by atoms with Gasteiger partial charge in [-0.15, -0.1) is 0 Å². The largest absolute Gasteiger partial charge is 0.316 e. The number of nitrogens with one attached hydrogen (secondary N) is 1. The fraction of sp³-hybridized carbons (Fsp3) is 0.857. The molecule has 0 aromatic heterocycles. The van der Waals surface area contributed by atoms with Crippen LogP contribution in [0.3, 0.4) is 0 Å². The molecular formula is C14H23N. The standard InChI is InChI=1S/C14H23N/c1(2-11-3-4-11)7-15-10-14-9-12-5-6-13(14)8-12/h5-6,11-15H,1-4,7-10H2. The summed E-state index contributed by atoms with van der Waals surface area (Å²) in [5.74, 6) is 3.93. The average molecular weight is 205 g/mol. The Kier molecular flexibility index (Phi) is 2.83. The number of allylic oxidation sites excluding steroid dienone is 2. The van der Waals surface area contributed by atoms with Gasteiger partial charge in [-0.25, -0.2) is 0 Å². The minimum atomic E-state index is 0.922. The van der Waals surface area contributed by atoms with Gasteiger partial charge in [0.05, 0.1) is 0 Å². The Hall–Kier alpha value is -0.300. The number of hydrogen-bond acceptors (Lipinski definition) is 1. The van der Waals surface area contributed by atoms with Crippen molar-refractivity contribution in [1.29, 1.82) is 0 Å². The summed E-state index contributed by atoms with van der Waals surface area (Å²) in [5, 5.41) is 3.66. The Bertz CT molecular complexity index is 242. The third kappa shape index (κ3) is 2.44. The maximum absolute atomic E-state index is 3.66. The van der Waals surface area contributed by atoms with Crippen LogP contribution in [0.1, 0.15) is 38.5 Å². The maximum atomic E-state index is 3.66. The maximum Gasteiger partial charge on any atom is -0.00147 e. The van der Waals surface area contributed by atoms with Gasteiger partial charge < -0.3 is 5.32 Å². The SMILES string of the molecule is C1=CC2CC1CC2CNCCCC1CC1. The second-order valence-corrected chi connectivity index (χ2v) is 5.83. The predicted molar refractivity (Wildman–Crippen MR) is 63.7 cm³/mol. The number of rotatable bonds is 6. The topological polar surface area (TPSA) is 12.0 Å². The minimum Gasteiger partial charge on any atom is -0.316 e. The van der Waals surface area contributed by atoms with Crippen LogP contribution in [0, 0.1) is 23.7 Å². The second-order valence-electron chi connectivity index (χ2n) is 5.83. The normalized spacial score (nSPS) is 37.7. The second kappa shape index (κ2) is 4.29. The van der Waals surface area contributed by atoms with E-state index in [4.69, 9.17) is 0 Å². The third-order valence-electron chi connectivity index (χ3n) is 4.49. The van der Waals surface area contributed by atoms with Crippen molar-refractivity contribution in [2.24, 2.45) is 23.7 Å². The molecule has 3 atom stereocenters. The molecule has 2 bridgehead atoms. The molecule has 3 aliphatic carbocycles. The van der Waals surface area contributed by atoms with Crippen LogP contribution in [0.2, 0.25) is 0 Å². The van der Waals surface area contributed by atoms with Crippen LogP contribution < -0.4 is 5.32 Å². The Morgan fingerprint density at radius 3 is 2.73 bits per heavy atom. The van der Waals surface area contributed by atoms with E-state index < -0.39 is 0 Å². The summed E-state index contributed by atoms with van der Waals surface area (Å²) < 4.78 is 0. The fourth-order valence-corrected chi connectivity index (χ4v) is 3.34. The highest BCUT2D eigenvalue weighted by molar-refractivity contribution is 5.10. The zero-order valence-electron chi connectivity index (χ0n) is 9.62. The molecule has 0 aromatic rings. The summed E-state index contributed by atoms with van der Waals surface area (Å²) in [7, 11) is 0.